The van der Waals surface area contributed by atoms with Crippen LogP contribution in [0.25, 0.3) is 0 Å². The molecule has 2 saturated heterocycles. The number of hydrogen-bond acceptors (Lipinski definition) is 3. The van der Waals surface area contributed by atoms with Crippen LogP contribution in [-0.4, -0.2) is 41.3 Å². The van der Waals surface area contributed by atoms with E-state index in [4.69, 9.17) is 5.73 Å². The normalized spacial score (nSPS) is 48.0. The van der Waals surface area contributed by atoms with E-state index in [1.807, 2.05) is 0 Å². The second kappa shape index (κ2) is 2.19. The molecule has 3 nitrogen and oxygen atoms in total. The van der Waals surface area contributed by atoms with Gasteiger partial charge in [0.15, 0.2) is 0 Å². The zero-order valence-electron chi connectivity index (χ0n) is 6.03. The molecule has 0 aromatic heterocycles. The van der Waals surface area contributed by atoms with E-state index in [9.17, 15) is 5.11 Å². The lowest BCUT2D eigenvalue weighted by Gasteiger charge is -2.19. The monoisotopic (exact) mass is 142 g/mol. The predicted octanol–water partition coefficient (Wildman–Crippen LogP) is -0.847. The highest BCUT2D eigenvalue weighted by Crippen LogP contribution is 2.26. The minimum absolute atomic E-state index is 0.155. The summed E-state index contributed by atoms with van der Waals surface area (Å²) in [7, 11) is 0. The average molecular weight is 142 g/mol. The van der Waals surface area contributed by atoms with Gasteiger partial charge in [0.2, 0.25) is 0 Å². The lowest BCUT2D eigenvalue weighted by Crippen LogP contribution is -2.41. The molecule has 3 N–H and O–H groups in total. The van der Waals surface area contributed by atoms with Crippen LogP contribution in [0.1, 0.15) is 12.8 Å². The van der Waals surface area contributed by atoms with Gasteiger partial charge in [0.05, 0.1) is 12.1 Å². The minimum Gasteiger partial charge on any atom is -0.391 e. The molecule has 2 aliphatic rings. The zero-order chi connectivity index (χ0) is 7.14. The van der Waals surface area contributed by atoms with Gasteiger partial charge in [-0.25, -0.2) is 0 Å². The lowest BCUT2D eigenvalue weighted by molar-refractivity contribution is 0.129. The fourth-order valence-corrected chi connectivity index (χ4v) is 2.16. The van der Waals surface area contributed by atoms with Gasteiger partial charge in [0, 0.05) is 19.1 Å². The Hall–Kier alpha value is -0.120. The summed E-state index contributed by atoms with van der Waals surface area (Å²) in [5.74, 6) is 0. The van der Waals surface area contributed by atoms with Gasteiger partial charge in [-0.15, -0.1) is 0 Å². The highest BCUT2D eigenvalue weighted by molar-refractivity contribution is 4.98. The highest BCUT2D eigenvalue weighted by atomic mass is 16.3. The Labute approximate surface area is 60.8 Å². The summed E-state index contributed by atoms with van der Waals surface area (Å²) in [6.45, 7) is 2.13. The summed E-state index contributed by atoms with van der Waals surface area (Å²) >= 11 is 0. The van der Waals surface area contributed by atoms with Crippen molar-refractivity contribution in [2.45, 2.75) is 31.0 Å². The maximum atomic E-state index is 9.45. The molecule has 0 aromatic carbocycles. The molecule has 2 fully saturated rings. The second-order valence-corrected chi connectivity index (χ2v) is 3.34. The predicted molar refractivity (Wildman–Crippen MR) is 38.6 cm³/mol. The van der Waals surface area contributed by atoms with Crippen LogP contribution in [0.3, 0.4) is 0 Å². The van der Waals surface area contributed by atoms with Crippen LogP contribution in [0, 0.1) is 0 Å². The molecule has 2 aliphatic heterocycles. The quantitative estimate of drug-likeness (QED) is 0.463. The number of hydrogen-bond donors (Lipinski definition) is 2. The van der Waals surface area contributed by atoms with Gasteiger partial charge in [-0.2, -0.15) is 0 Å². The molecule has 0 amide bonds. The molecule has 58 valence electrons. The van der Waals surface area contributed by atoms with Gasteiger partial charge >= 0.3 is 0 Å². The summed E-state index contributed by atoms with van der Waals surface area (Å²) in [5, 5.41) is 9.45. The summed E-state index contributed by atoms with van der Waals surface area (Å²) in [6, 6.07) is 0.498. The van der Waals surface area contributed by atoms with Crippen LogP contribution in [0.15, 0.2) is 0 Å². The van der Waals surface area contributed by atoms with Crippen LogP contribution in [0.4, 0.5) is 0 Å². The average Bonchev–Trinajstić information content (AvgIpc) is 2.40. The van der Waals surface area contributed by atoms with Crippen molar-refractivity contribution in [2.24, 2.45) is 5.73 Å². The Morgan fingerprint density at radius 2 is 2.00 bits per heavy atom. The topological polar surface area (TPSA) is 49.5 Å². The Morgan fingerprint density at radius 1 is 1.30 bits per heavy atom. The first-order valence-electron chi connectivity index (χ1n) is 3.97. The van der Waals surface area contributed by atoms with Crippen molar-refractivity contribution in [1.82, 2.24) is 4.90 Å². The molecule has 2 heterocycles. The SMILES string of the molecule is N[C@H]1CCN2CCC(O)C12. The molecule has 3 atom stereocenters. The number of aliphatic hydroxyl groups is 1. The third kappa shape index (κ3) is 0.779. The van der Waals surface area contributed by atoms with Gasteiger partial charge in [-0.1, -0.05) is 0 Å². The summed E-state index contributed by atoms with van der Waals surface area (Å²) in [6.07, 6.45) is 1.82. The van der Waals surface area contributed by atoms with Crippen LogP contribution in [0.2, 0.25) is 0 Å². The van der Waals surface area contributed by atoms with Crippen LogP contribution >= 0.6 is 0 Å². The van der Waals surface area contributed by atoms with Crippen LogP contribution in [0.5, 0.6) is 0 Å². The summed E-state index contributed by atoms with van der Waals surface area (Å²) in [5.41, 5.74) is 5.81. The fourth-order valence-electron chi connectivity index (χ4n) is 2.16. The molecule has 2 rings (SSSR count). The van der Waals surface area contributed by atoms with Gasteiger partial charge in [0.25, 0.3) is 0 Å². The summed E-state index contributed by atoms with van der Waals surface area (Å²) < 4.78 is 0. The fraction of sp³-hybridized carbons (Fsp3) is 1.00. The molecule has 2 unspecified atom stereocenters. The van der Waals surface area contributed by atoms with E-state index in [0.29, 0.717) is 0 Å². The van der Waals surface area contributed by atoms with E-state index < -0.39 is 0 Å². The van der Waals surface area contributed by atoms with E-state index >= 15 is 0 Å². The molecule has 0 bridgehead atoms. The molecule has 0 radical (unpaired) electrons. The van der Waals surface area contributed by atoms with E-state index in [2.05, 4.69) is 4.90 Å². The van der Waals surface area contributed by atoms with E-state index in [0.717, 1.165) is 25.9 Å². The van der Waals surface area contributed by atoms with Crippen molar-refractivity contribution in [3.63, 3.8) is 0 Å². The maximum absolute atomic E-state index is 9.45. The van der Waals surface area contributed by atoms with Crippen molar-refractivity contribution in [1.29, 1.82) is 0 Å². The minimum atomic E-state index is -0.155. The Kier molecular flexibility index (Phi) is 1.44. The molecule has 0 saturated carbocycles. The maximum Gasteiger partial charge on any atom is 0.0722 e. The number of fused-ring (bicyclic) bond motifs is 1. The van der Waals surface area contributed by atoms with E-state index in [1.54, 1.807) is 0 Å². The van der Waals surface area contributed by atoms with Crippen molar-refractivity contribution < 1.29 is 5.11 Å². The number of rotatable bonds is 0. The first kappa shape index (κ1) is 6.58. The number of nitrogens with two attached hydrogens (primary N) is 1. The Balaban J connectivity index is 2.11. The second-order valence-electron chi connectivity index (χ2n) is 3.34. The standard InChI is InChI=1S/C7H14N2O/c8-5-1-3-9-4-2-6(10)7(5)9/h5-7,10H,1-4,8H2/t5-,6?,7?/m0/s1. The van der Waals surface area contributed by atoms with Crippen LogP contribution in [-0.2, 0) is 0 Å². The Morgan fingerprint density at radius 3 is 2.70 bits per heavy atom. The smallest absolute Gasteiger partial charge is 0.0722 e. The van der Waals surface area contributed by atoms with Gasteiger partial charge in [0.1, 0.15) is 0 Å². The van der Waals surface area contributed by atoms with Gasteiger partial charge in [-0.05, 0) is 12.8 Å². The van der Waals surface area contributed by atoms with Gasteiger partial charge in [-0.3, -0.25) is 4.90 Å². The van der Waals surface area contributed by atoms with Crippen molar-refractivity contribution in [3.05, 3.63) is 0 Å². The van der Waals surface area contributed by atoms with Gasteiger partial charge < -0.3 is 10.8 Å². The Bertz CT molecular complexity index is 126. The molecular weight excluding hydrogens is 128 g/mol. The molecular formula is C7H14N2O. The van der Waals surface area contributed by atoms with E-state index in [1.165, 1.54) is 0 Å². The molecule has 0 aliphatic carbocycles. The number of aliphatic hydroxyl groups excluding tert-OH is 1. The zero-order valence-corrected chi connectivity index (χ0v) is 6.03. The number of nitrogens with zero attached hydrogens (tertiary/aromatic N) is 1. The third-order valence-electron chi connectivity index (χ3n) is 2.72. The molecule has 0 spiro atoms. The third-order valence-corrected chi connectivity index (χ3v) is 2.72. The summed E-state index contributed by atoms with van der Waals surface area (Å²) in [4.78, 5) is 2.30. The largest absolute Gasteiger partial charge is 0.391 e. The molecule has 0 aromatic rings. The molecule has 10 heavy (non-hydrogen) atoms. The first-order chi connectivity index (χ1) is 4.79. The first-order valence-corrected chi connectivity index (χ1v) is 3.97. The van der Waals surface area contributed by atoms with E-state index in [-0.39, 0.29) is 18.2 Å². The molecule has 3 heteroatoms. The van der Waals surface area contributed by atoms with Crippen molar-refractivity contribution >= 4 is 0 Å². The highest BCUT2D eigenvalue weighted by Gasteiger charge is 2.40. The van der Waals surface area contributed by atoms with Crippen molar-refractivity contribution in [2.75, 3.05) is 13.1 Å². The van der Waals surface area contributed by atoms with Crippen molar-refractivity contribution in [3.8, 4) is 0 Å². The van der Waals surface area contributed by atoms with Crippen LogP contribution < -0.4 is 5.73 Å². The lowest BCUT2D eigenvalue weighted by atomic mass is 10.1.